The van der Waals surface area contributed by atoms with Gasteiger partial charge in [0.25, 0.3) is 11.8 Å². The molecule has 0 saturated heterocycles. The fourth-order valence-corrected chi connectivity index (χ4v) is 4.84. The Labute approximate surface area is 264 Å². The van der Waals surface area contributed by atoms with E-state index in [4.69, 9.17) is 9.47 Å². The van der Waals surface area contributed by atoms with Crippen molar-refractivity contribution in [2.45, 2.75) is 92.9 Å². The third kappa shape index (κ3) is 12.1. The lowest BCUT2D eigenvalue weighted by Gasteiger charge is -2.19. The summed E-state index contributed by atoms with van der Waals surface area (Å²) in [5.41, 5.74) is 1.60. The molecule has 9 nitrogen and oxygen atoms in total. The van der Waals surface area contributed by atoms with Crippen molar-refractivity contribution < 1.29 is 23.9 Å². The van der Waals surface area contributed by atoms with E-state index in [1.807, 2.05) is 13.8 Å². The first-order chi connectivity index (χ1) is 21.3. The van der Waals surface area contributed by atoms with E-state index < -0.39 is 6.03 Å². The number of carbonyl (C=O) groups excluding carboxylic acids is 3. The Kier molecular flexibility index (Phi) is 16.8. The van der Waals surface area contributed by atoms with Crippen molar-refractivity contribution in [3.8, 4) is 11.5 Å². The lowest BCUT2D eigenvalue weighted by Crippen LogP contribution is -2.25. The van der Waals surface area contributed by atoms with Gasteiger partial charge in [-0.05, 0) is 74.9 Å². The van der Waals surface area contributed by atoms with Crippen molar-refractivity contribution in [2.75, 3.05) is 36.9 Å². The Morgan fingerprint density at radius 2 is 1.05 bits per heavy atom. The Morgan fingerprint density at radius 3 is 1.39 bits per heavy atom. The van der Waals surface area contributed by atoms with Gasteiger partial charge in [0.1, 0.15) is 11.5 Å². The number of benzene rings is 2. The zero-order chi connectivity index (χ0) is 32.3. The monoisotopic (exact) mass is 610 g/mol. The first-order valence-corrected chi connectivity index (χ1v) is 16.5. The molecule has 2 aromatic carbocycles. The Balaban J connectivity index is 2.18. The van der Waals surface area contributed by atoms with Gasteiger partial charge >= 0.3 is 6.03 Å². The molecule has 2 aromatic rings. The molecule has 0 aromatic heterocycles. The van der Waals surface area contributed by atoms with E-state index in [1.165, 1.54) is 0 Å². The number of unbranched alkanes of at least 4 members (excludes halogenated alkanes) is 2. The average molecular weight is 611 g/mol. The van der Waals surface area contributed by atoms with Gasteiger partial charge in [-0.25, -0.2) is 4.79 Å². The normalized spacial score (nSPS) is 12.1. The van der Waals surface area contributed by atoms with Gasteiger partial charge in [-0.3, -0.25) is 9.59 Å². The van der Waals surface area contributed by atoms with Crippen molar-refractivity contribution in [3.63, 3.8) is 0 Å². The molecule has 44 heavy (non-hydrogen) atoms. The van der Waals surface area contributed by atoms with Gasteiger partial charge in [-0.15, -0.1) is 0 Å². The molecule has 4 N–H and O–H groups in total. The average Bonchev–Trinajstić information content (AvgIpc) is 3.02. The van der Waals surface area contributed by atoms with Crippen molar-refractivity contribution in [3.05, 3.63) is 47.5 Å². The standard InChI is InChI=1S/C35H54N4O5/c1-7-13-15-25(9-3)23-43-31-19-17-27(21-29(31)33(40)36-11-5)38-35(42)39-28-18-20-32(30(22-28)34(41)37-12-6)44-24-26(10-4)16-14-8-2/h17-22,25-26H,7-16,23-24H2,1-6H3,(H,36,40)(H,37,41)(H2,38,39,42). The summed E-state index contributed by atoms with van der Waals surface area (Å²) in [4.78, 5) is 38.7. The molecule has 0 aliphatic rings. The topological polar surface area (TPSA) is 118 Å². The number of carbonyl (C=O) groups is 3. The first-order valence-electron chi connectivity index (χ1n) is 16.5. The molecule has 4 amide bonds. The van der Waals surface area contributed by atoms with E-state index in [1.54, 1.807) is 36.4 Å². The first kappa shape index (κ1) is 36.4. The molecule has 2 rings (SSSR count). The fraction of sp³-hybridized carbons (Fsp3) is 0.571. The highest BCUT2D eigenvalue weighted by molar-refractivity contribution is 6.04. The number of hydrogen-bond acceptors (Lipinski definition) is 5. The number of rotatable bonds is 20. The minimum atomic E-state index is -0.507. The lowest BCUT2D eigenvalue weighted by atomic mass is 10.0. The summed E-state index contributed by atoms with van der Waals surface area (Å²) < 4.78 is 12.2. The van der Waals surface area contributed by atoms with Crippen LogP contribution >= 0.6 is 0 Å². The van der Waals surface area contributed by atoms with E-state index in [2.05, 4.69) is 49.0 Å². The number of nitrogens with one attached hydrogen (secondary N) is 4. The van der Waals surface area contributed by atoms with Crippen LogP contribution in [0.3, 0.4) is 0 Å². The second-order valence-electron chi connectivity index (χ2n) is 11.2. The van der Waals surface area contributed by atoms with Gasteiger partial charge in [0.05, 0.1) is 24.3 Å². The maximum absolute atomic E-state index is 13.0. The van der Waals surface area contributed by atoms with E-state index in [0.717, 1.165) is 51.4 Å². The van der Waals surface area contributed by atoms with Crippen molar-refractivity contribution in [1.82, 2.24) is 10.6 Å². The van der Waals surface area contributed by atoms with Crippen molar-refractivity contribution >= 4 is 29.2 Å². The predicted molar refractivity (Wildman–Crippen MR) is 179 cm³/mol. The number of amides is 4. The summed E-state index contributed by atoms with van der Waals surface area (Å²) >= 11 is 0. The van der Waals surface area contributed by atoms with Crippen LogP contribution in [-0.2, 0) is 0 Å². The second kappa shape index (κ2) is 20.3. The molecule has 2 unspecified atom stereocenters. The van der Waals surface area contributed by atoms with E-state index in [9.17, 15) is 14.4 Å². The van der Waals surface area contributed by atoms with Crippen molar-refractivity contribution in [2.24, 2.45) is 11.8 Å². The van der Waals surface area contributed by atoms with Crippen LogP contribution in [-0.4, -0.2) is 44.1 Å². The minimum absolute atomic E-state index is 0.268. The molecule has 244 valence electrons. The van der Waals surface area contributed by atoms with Crippen molar-refractivity contribution in [1.29, 1.82) is 0 Å². The van der Waals surface area contributed by atoms with Crippen LogP contribution < -0.4 is 30.7 Å². The SMILES string of the molecule is CCCCC(CC)COc1ccc(NC(=O)Nc2ccc(OCC(CC)CCCC)c(C(=O)NCC)c2)cc1C(=O)NCC. The largest absolute Gasteiger partial charge is 0.492 e. The highest BCUT2D eigenvalue weighted by Gasteiger charge is 2.18. The summed E-state index contributed by atoms with van der Waals surface area (Å²) in [7, 11) is 0. The van der Waals surface area contributed by atoms with Crippen LogP contribution in [0, 0.1) is 11.8 Å². The van der Waals surface area contributed by atoms with E-state index in [0.29, 0.717) is 72.1 Å². The molecule has 0 fully saturated rings. The quantitative estimate of drug-likeness (QED) is 0.121. The highest BCUT2D eigenvalue weighted by Crippen LogP contribution is 2.27. The van der Waals surface area contributed by atoms with Crippen LogP contribution in [0.1, 0.15) is 114 Å². The molecule has 9 heteroatoms. The van der Waals surface area contributed by atoms with E-state index >= 15 is 0 Å². The maximum Gasteiger partial charge on any atom is 0.323 e. The fourth-order valence-electron chi connectivity index (χ4n) is 4.84. The molecule has 0 heterocycles. The van der Waals surface area contributed by atoms with Crippen LogP contribution in [0.5, 0.6) is 11.5 Å². The third-order valence-corrected chi connectivity index (χ3v) is 7.67. The molecule has 0 aliphatic carbocycles. The molecule has 0 aliphatic heterocycles. The number of urea groups is 1. The summed E-state index contributed by atoms with van der Waals surface area (Å²) in [5, 5.41) is 11.2. The van der Waals surface area contributed by atoms with Gasteiger partial charge < -0.3 is 30.7 Å². The molecular formula is C35H54N4O5. The van der Waals surface area contributed by atoms with Gasteiger partial charge in [0.15, 0.2) is 0 Å². The number of ether oxygens (including phenoxy) is 2. The van der Waals surface area contributed by atoms with Crippen LogP contribution in [0.2, 0.25) is 0 Å². The number of anilines is 2. The maximum atomic E-state index is 13.0. The molecule has 2 atom stereocenters. The van der Waals surface area contributed by atoms with Crippen LogP contribution in [0.15, 0.2) is 36.4 Å². The molecule has 0 spiro atoms. The van der Waals surface area contributed by atoms with Gasteiger partial charge in [0.2, 0.25) is 0 Å². The summed E-state index contributed by atoms with van der Waals surface area (Å²) in [6, 6.07) is 9.59. The molecular weight excluding hydrogens is 556 g/mol. The molecule has 0 bridgehead atoms. The Hall–Kier alpha value is -3.75. The molecule has 0 saturated carbocycles. The third-order valence-electron chi connectivity index (χ3n) is 7.67. The second-order valence-corrected chi connectivity index (χ2v) is 11.2. The van der Waals surface area contributed by atoms with Crippen LogP contribution in [0.25, 0.3) is 0 Å². The summed E-state index contributed by atoms with van der Waals surface area (Å²) in [6.07, 6.45) is 8.71. The van der Waals surface area contributed by atoms with E-state index in [-0.39, 0.29) is 11.8 Å². The highest BCUT2D eigenvalue weighted by atomic mass is 16.5. The van der Waals surface area contributed by atoms with Crippen LogP contribution in [0.4, 0.5) is 16.2 Å². The minimum Gasteiger partial charge on any atom is -0.492 e. The Bertz CT molecular complexity index is 1100. The summed E-state index contributed by atoms with van der Waals surface area (Å²) in [5.74, 6) is 1.26. The lowest BCUT2D eigenvalue weighted by molar-refractivity contribution is 0.0942. The smallest absolute Gasteiger partial charge is 0.323 e. The summed E-state index contributed by atoms with van der Waals surface area (Å²) in [6.45, 7) is 14.3. The number of hydrogen-bond donors (Lipinski definition) is 4. The predicted octanol–water partition coefficient (Wildman–Crippen LogP) is 8.02. The zero-order valence-electron chi connectivity index (χ0n) is 27.6. The van der Waals surface area contributed by atoms with Gasteiger partial charge in [-0.1, -0.05) is 66.2 Å². The van der Waals surface area contributed by atoms with Gasteiger partial charge in [0, 0.05) is 24.5 Å². The molecule has 0 radical (unpaired) electrons. The Morgan fingerprint density at radius 1 is 0.636 bits per heavy atom. The van der Waals surface area contributed by atoms with Gasteiger partial charge in [-0.2, -0.15) is 0 Å². The zero-order valence-corrected chi connectivity index (χ0v) is 27.6.